The number of ether oxygens (including phenoxy) is 2. The second-order valence-electron chi connectivity index (χ2n) is 7.83. The number of methoxy groups -OCH3 is 1. The van der Waals surface area contributed by atoms with Crippen LogP contribution in [0.15, 0.2) is 48.8 Å². The van der Waals surface area contributed by atoms with E-state index in [4.69, 9.17) is 21.1 Å². The number of aromatic nitrogens is 3. The number of benzene rings is 2. The Hall–Kier alpha value is -3.16. The predicted molar refractivity (Wildman–Crippen MR) is 121 cm³/mol. The first-order chi connectivity index (χ1) is 15.5. The van der Waals surface area contributed by atoms with E-state index >= 15 is 0 Å². The minimum Gasteiger partial charge on any atom is -0.490 e. The van der Waals surface area contributed by atoms with Gasteiger partial charge in [0.25, 0.3) is 0 Å². The summed E-state index contributed by atoms with van der Waals surface area (Å²) < 4.78 is 26.7. The summed E-state index contributed by atoms with van der Waals surface area (Å²) in [7, 11) is 1.56. The lowest BCUT2D eigenvalue weighted by Gasteiger charge is -2.20. The van der Waals surface area contributed by atoms with Crippen molar-refractivity contribution in [2.75, 3.05) is 20.3 Å². The lowest BCUT2D eigenvalue weighted by molar-refractivity contribution is 0.218. The van der Waals surface area contributed by atoms with Gasteiger partial charge in [0.15, 0.2) is 0 Å². The van der Waals surface area contributed by atoms with Crippen molar-refractivity contribution in [3.8, 4) is 17.4 Å². The highest BCUT2D eigenvalue weighted by molar-refractivity contribution is 6.32. The van der Waals surface area contributed by atoms with Crippen LogP contribution < -0.4 is 9.47 Å². The molecule has 0 unspecified atom stereocenters. The van der Waals surface area contributed by atoms with Crippen LogP contribution in [0, 0.1) is 12.7 Å². The number of halogens is 2. The van der Waals surface area contributed by atoms with E-state index in [1.807, 2.05) is 36.0 Å². The first-order valence-electron chi connectivity index (χ1n) is 10.3. The third-order valence-corrected chi connectivity index (χ3v) is 6.00. The van der Waals surface area contributed by atoms with Crippen molar-refractivity contribution >= 4 is 22.5 Å². The summed E-state index contributed by atoms with van der Waals surface area (Å²) in [4.78, 5) is 10.9. The zero-order valence-corrected chi connectivity index (χ0v) is 18.6. The van der Waals surface area contributed by atoms with Crippen LogP contribution in [0.25, 0.3) is 16.6 Å². The van der Waals surface area contributed by atoms with Crippen LogP contribution in [0.1, 0.15) is 16.8 Å². The smallest absolute Gasteiger partial charge is 0.316 e. The van der Waals surface area contributed by atoms with Crippen LogP contribution in [0.5, 0.6) is 11.8 Å². The van der Waals surface area contributed by atoms with Crippen LogP contribution in [0.4, 0.5) is 4.39 Å². The number of aryl methyl sites for hydroxylation is 1. The van der Waals surface area contributed by atoms with Gasteiger partial charge >= 0.3 is 6.01 Å². The Labute approximate surface area is 190 Å². The topological polar surface area (TPSA) is 52.4 Å². The summed E-state index contributed by atoms with van der Waals surface area (Å²) in [5, 5.41) is 1.40. The Morgan fingerprint density at radius 1 is 1.22 bits per heavy atom. The molecule has 0 N–H and O–H groups in total. The van der Waals surface area contributed by atoms with Gasteiger partial charge in [-0.25, -0.2) is 14.4 Å². The van der Waals surface area contributed by atoms with E-state index in [1.165, 1.54) is 12.1 Å². The van der Waals surface area contributed by atoms with Crippen molar-refractivity contribution in [3.05, 3.63) is 76.5 Å². The SMILES string of the molecule is COc1ncc(CN2CCOc3c(Cl)cc(-n4ccc5cc(F)ccc54)cc3C2)c(C)n1. The zero-order valence-electron chi connectivity index (χ0n) is 17.8. The summed E-state index contributed by atoms with van der Waals surface area (Å²) >= 11 is 6.63. The highest BCUT2D eigenvalue weighted by Gasteiger charge is 2.21. The van der Waals surface area contributed by atoms with Crippen LogP contribution in [-0.2, 0) is 13.1 Å². The molecule has 0 radical (unpaired) electrons. The molecule has 3 heterocycles. The average Bonchev–Trinajstić information content (AvgIpc) is 3.07. The number of nitrogens with zero attached hydrogens (tertiary/aromatic N) is 4. The molecule has 0 atom stereocenters. The minimum atomic E-state index is -0.253. The van der Waals surface area contributed by atoms with Gasteiger partial charge in [0.2, 0.25) is 0 Å². The van der Waals surface area contributed by atoms with Gasteiger partial charge in [-0.1, -0.05) is 11.6 Å². The van der Waals surface area contributed by atoms with Gasteiger partial charge in [0, 0.05) is 59.9 Å². The van der Waals surface area contributed by atoms with Crippen molar-refractivity contribution in [3.63, 3.8) is 0 Å². The molecule has 8 heteroatoms. The molecule has 1 aliphatic rings. The summed E-state index contributed by atoms with van der Waals surface area (Å²) in [6.45, 7) is 4.59. The highest BCUT2D eigenvalue weighted by atomic mass is 35.5. The van der Waals surface area contributed by atoms with E-state index in [9.17, 15) is 4.39 Å². The van der Waals surface area contributed by atoms with Gasteiger partial charge in [-0.05, 0) is 43.3 Å². The lowest BCUT2D eigenvalue weighted by atomic mass is 10.1. The van der Waals surface area contributed by atoms with Crippen molar-refractivity contribution in [2.24, 2.45) is 0 Å². The largest absolute Gasteiger partial charge is 0.490 e. The summed E-state index contributed by atoms with van der Waals surface area (Å²) in [6.07, 6.45) is 3.73. The fraction of sp³-hybridized carbons (Fsp3) is 0.250. The molecule has 32 heavy (non-hydrogen) atoms. The van der Waals surface area contributed by atoms with Gasteiger partial charge < -0.3 is 14.0 Å². The molecule has 2 aromatic heterocycles. The monoisotopic (exact) mass is 452 g/mol. The molecule has 0 bridgehead atoms. The molecule has 0 saturated carbocycles. The molecule has 6 nitrogen and oxygen atoms in total. The van der Waals surface area contributed by atoms with Crippen molar-refractivity contribution in [2.45, 2.75) is 20.0 Å². The van der Waals surface area contributed by atoms with E-state index in [0.29, 0.717) is 36.5 Å². The van der Waals surface area contributed by atoms with Gasteiger partial charge in [-0.3, -0.25) is 4.90 Å². The molecule has 2 aromatic carbocycles. The minimum absolute atomic E-state index is 0.253. The Morgan fingerprint density at radius 3 is 2.91 bits per heavy atom. The maximum atomic E-state index is 13.6. The average molecular weight is 453 g/mol. The van der Waals surface area contributed by atoms with Crippen LogP contribution >= 0.6 is 11.6 Å². The number of hydrogen-bond acceptors (Lipinski definition) is 5. The number of hydrogen-bond donors (Lipinski definition) is 0. The fourth-order valence-corrected chi connectivity index (χ4v) is 4.38. The second-order valence-corrected chi connectivity index (χ2v) is 8.24. The molecule has 4 aromatic rings. The lowest BCUT2D eigenvalue weighted by Crippen LogP contribution is -2.26. The Kier molecular flexibility index (Phi) is 5.45. The number of fused-ring (bicyclic) bond motifs is 2. The van der Waals surface area contributed by atoms with Crippen LogP contribution in [0.3, 0.4) is 0 Å². The molecule has 1 aliphatic heterocycles. The van der Waals surface area contributed by atoms with Crippen molar-refractivity contribution < 1.29 is 13.9 Å². The predicted octanol–water partition coefficient (Wildman–Crippen LogP) is 4.92. The Morgan fingerprint density at radius 2 is 2.09 bits per heavy atom. The van der Waals surface area contributed by atoms with Gasteiger partial charge in [-0.15, -0.1) is 0 Å². The molecular formula is C24H22ClFN4O2. The molecule has 0 aliphatic carbocycles. The second kappa shape index (κ2) is 8.41. The van der Waals surface area contributed by atoms with Gasteiger partial charge in [0.1, 0.15) is 18.2 Å². The van der Waals surface area contributed by atoms with Crippen molar-refractivity contribution in [1.82, 2.24) is 19.4 Å². The molecule has 164 valence electrons. The molecular weight excluding hydrogens is 431 g/mol. The Bertz CT molecular complexity index is 1310. The summed E-state index contributed by atoms with van der Waals surface area (Å²) in [5.41, 5.74) is 4.75. The summed E-state index contributed by atoms with van der Waals surface area (Å²) in [5.74, 6) is 0.459. The first kappa shape index (κ1) is 20.7. The first-order valence-corrected chi connectivity index (χ1v) is 10.7. The van der Waals surface area contributed by atoms with E-state index in [0.717, 1.165) is 40.0 Å². The fourth-order valence-electron chi connectivity index (χ4n) is 4.09. The van der Waals surface area contributed by atoms with E-state index in [-0.39, 0.29) is 5.82 Å². The number of rotatable bonds is 4. The van der Waals surface area contributed by atoms with E-state index in [1.54, 1.807) is 13.2 Å². The van der Waals surface area contributed by atoms with Crippen LogP contribution in [-0.4, -0.2) is 39.7 Å². The molecule has 0 amide bonds. The van der Waals surface area contributed by atoms with Gasteiger partial charge in [0.05, 0.1) is 17.6 Å². The maximum absolute atomic E-state index is 13.6. The maximum Gasteiger partial charge on any atom is 0.316 e. The molecule has 5 rings (SSSR count). The molecule has 0 spiro atoms. The van der Waals surface area contributed by atoms with E-state index < -0.39 is 0 Å². The van der Waals surface area contributed by atoms with Crippen LogP contribution in [0.2, 0.25) is 5.02 Å². The highest BCUT2D eigenvalue weighted by Crippen LogP contribution is 2.35. The van der Waals surface area contributed by atoms with Gasteiger partial charge in [-0.2, -0.15) is 0 Å². The third kappa shape index (κ3) is 3.89. The van der Waals surface area contributed by atoms with Crippen molar-refractivity contribution in [1.29, 1.82) is 0 Å². The van der Waals surface area contributed by atoms with E-state index in [2.05, 4.69) is 20.9 Å². The summed E-state index contributed by atoms with van der Waals surface area (Å²) in [6, 6.07) is 11.0. The third-order valence-electron chi connectivity index (χ3n) is 5.72. The molecule has 0 saturated heterocycles. The zero-order chi connectivity index (χ0) is 22.2. The Balaban J connectivity index is 1.47. The molecule has 0 fully saturated rings. The normalized spacial score (nSPS) is 14.1. The standard InChI is InChI=1S/C24H22ClFN4O2/c1-15-18(12-27-24(28-15)31-2)14-29-7-8-32-23-17(13-29)10-20(11-21(23)25)30-6-5-16-9-19(26)3-4-22(16)30/h3-6,9-12H,7-8,13-14H2,1-2H3. The quantitative estimate of drug-likeness (QED) is 0.439.